The molecule has 0 heterocycles. The monoisotopic (exact) mass is 516 g/mol. The van der Waals surface area contributed by atoms with Crippen LogP contribution >= 0.6 is 0 Å². The SMILES string of the molecule is CCS(=O)(=O)N(C(=O)CN)[C@H]([C]=O)CC(CCCOc1ccccc1)C(NC(=N)N)c1ccccc1. The third-order valence-corrected chi connectivity index (χ3v) is 7.49. The van der Waals surface area contributed by atoms with Crippen molar-refractivity contribution in [2.45, 2.75) is 38.3 Å². The lowest BCUT2D eigenvalue weighted by Gasteiger charge is -2.33. The molecule has 0 bridgehead atoms. The van der Waals surface area contributed by atoms with Crippen LogP contribution in [0.1, 0.15) is 37.8 Å². The molecule has 2 rings (SSSR count). The molecule has 36 heavy (non-hydrogen) atoms. The molecule has 0 aliphatic heterocycles. The van der Waals surface area contributed by atoms with Gasteiger partial charge in [0.25, 0.3) is 0 Å². The van der Waals surface area contributed by atoms with E-state index in [4.69, 9.17) is 21.6 Å². The molecule has 195 valence electrons. The van der Waals surface area contributed by atoms with Crippen molar-refractivity contribution in [2.24, 2.45) is 17.4 Å². The maximum atomic E-state index is 12.7. The van der Waals surface area contributed by atoms with E-state index < -0.39 is 40.5 Å². The predicted molar refractivity (Wildman–Crippen MR) is 138 cm³/mol. The summed E-state index contributed by atoms with van der Waals surface area (Å²) in [7, 11) is -4.07. The fourth-order valence-corrected chi connectivity index (χ4v) is 5.18. The predicted octanol–water partition coefficient (Wildman–Crippen LogP) is 1.69. The summed E-state index contributed by atoms with van der Waals surface area (Å²) in [6.07, 6.45) is 2.73. The molecule has 6 N–H and O–H groups in total. The Hall–Kier alpha value is -3.44. The van der Waals surface area contributed by atoms with Crippen molar-refractivity contribution in [3.05, 3.63) is 66.2 Å². The van der Waals surface area contributed by atoms with E-state index >= 15 is 0 Å². The molecule has 11 heteroatoms. The van der Waals surface area contributed by atoms with Gasteiger partial charge in [-0.25, -0.2) is 12.7 Å². The van der Waals surface area contributed by atoms with Crippen LogP contribution in [0.4, 0.5) is 0 Å². The summed E-state index contributed by atoms with van der Waals surface area (Å²) in [6.45, 7) is 1.19. The first kappa shape index (κ1) is 28.8. The minimum atomic E-state index is -4.07. The summed E-state index contributed by atoms with van der Waals surface area (Å²) >= 11 is 0. The summed E-state index contributed by atoms with van der Waals surface area (Å²) in [6, 6.07) is 16.6. The second kappa shape index (κ2) is 14.2. The number of carbonyl (C=O) groups is 1. The van der Waals surface area contributed by atoms with Gasteiger partial charge in [0.05, 0.1) is 24.9 Å². The van der Waals surface area contributed by atoms with Crippen LogP contribution in [-0.2, 0) is 19.6 Å². The minimum Gasteiger partial charge on any atom is -0.494 e. The Kier molecular flexibility index (Phi) is 11.4. The van der Waals surface area contributed by atoms with Crippen molar-refractivity contribution in [1.29, 1.82) is 5.41 Å². The van der Waals surface area contributed by atoms with E-state index in [0.29, 0.717) is 29.5 Å². The number of nitrogens with one attached hydrogen (secondary N) is 2. The van der Waals surface area contributed by atoms with Crippen LogP contribution in [0, 0.1) is 11.3 Å². The molecule has 0 saturated carbocycles. The Morgan fingerprint density at radius 3 is 2.28 bits per heavy atom. The summed E-state index contributed by atoms with van der Waals surface area (Å²) < 4.78 is 31.7. The molecule has 0 aliphatic carbocycles. The number of nitrogens with two attached hydrogens (primary N) is 2. The van der Waals surface area contributed by atoms with Gasteiger partial charge in [-0.3, -0.25) is 15.0 Å². The van der Waals surface area contributed by atoms with E-state index in [1.165, 1.54) is 6.92 Å². The van der Waals surface area contributed by atoms with Crippen LogP contribution in [-0.4, -0.2) is 55.8 Å². The number of carbonyl (C=O) groups excluding carboxylic acids is 2. The van der Waals surface area contributed by atoms with Gasteiger partial charge in [0.1, 0.15) is 11.8 Å². The number of ether oxygens (including phenoxy) is 1. The Bertz CT molecular complexity index is 1080. The molecular formula is C25H34N5O5S. The lowest BCUT2D eigenvalue weighted by atomic mass is 9.84. The Balaban J connectivity index is 2.35. The van der Waals surface area contributed by atoms with Crippen LogP contribution in [0.2, 0.25) is 0 Å². The first-order valence-electron chi connectivity index (χ1n) is 11.7. The van der Waals surface area contributed by atoms with Gasteiger partial charge in [0.2, 0.25) is 22.2 Å². The van der Waals surface area contributed by atoms with Crippen LogP contribution in [0.25, 0.3) is 0 Å². The first-order chi connectivity index (χ1) is 17.2. The molecule has 2 aromatic carbocycles. The van der Waals surface area contributed by atoms with E-state index in [1.807, 2.05) is 60.7 Å². The van der Waals surface area contributed by atoms with Gasteiger partial charge in [-0.2, -0.15) is 0 Å². The summed E-state index contributed by atoms with van der Waals surface area (Å²) in [5, 5.41) is 10.8. The van der Waals surface area contributed by atoms with Gasteiger partial charge in [-0.15, -0.1) is 0 Å². The van der Waals surface area contributed by atoms with Crippen molar-refractivity contribution in [3.8, 4) is 5.75 Å². The Morgan fingerprint density at radius 1 is 1.14 bits per heavy atom. The van der Waals surface area contributed by atoms with Crippen LogP contribution in [0.3, 0.4) is 0 Å². The number of hydrogen-bond donors (Lipinski definition) is 4. The third-order valence-electron chi connectivity index (χ3n) is 5.70. The highest BCUT2D eigenvalue weighted by Crippen LogP contribution is 2.31. The van der Waals surface area contributed by atoms with E-state index in [1.54, 1.807) is 6.29 Å². The number of rotatable bonds is 15. The van der Waals surface area contributed by atoms with Crippen molar-refractivity contribution < 1.29 is 22.7 Å². The summed E-state index contributed by atoms with van der Waals surface area (Å²) in [5.74, 6) is -1.24. The number of para-hydroxylation sites is 1. The lowest BCUT2D eigenvalue weighted by molar-refractivity contribution is -0.125. The molecule has 2 aromatic rings. The fourth-order valence-electron chi connectivity index (χ4n) is 4.00. The molecule has 0 aromatic heterocycles. The quantitative estimate of drug-likeness (QED) is 0.157. The van der Waals surface area contributed by atoms with E-state index in [-0.39, 0.29) is 18.1 Å². The van der Waals surface area contributed by atoms with Crippen LogP contribution < -0.4 is 21.5 Å². The summed E-state index contributed by atoms with van der Waals surface area (Å²) in [5.41, 5.74) is 11.9. The fraction of sp³-hybridized carbons (Fsp3) is 0.400. The largest absolute Gasteiger partial charge is 0.494 e. The lowest BCUT2D eigenvalue weighted by Crippen LogP contribution is -2.50. The van der Waals surface area contributed by atoms with Crippen molar-refractivity contribution in [1.82, 2.24) is 9.62 Å². The number of sulfonamides is 1. The zero-order chi connectivity index (χ0) is 26.6. The molecule has 2 unspecified atom stereocenters. The van der Waals surface area contributed by atoms with Crippen LogP contribution in [0.5, 0.6) is 5.75 Å². The van der Waals surface area contributed by atoms with Gasteiger partial charge < -0.3 is 21.5 Å². The van der Waals surface area contributed by atoms with Crippen molar-refractivity contribution in [3.63, 3.8) is 0 Å². The number of nitrogens with zero attached hydrogens (tertiary/aromatic N) is 1. The number of guanidine groups is 1. The second-order valence-corrected chi connectivity index (χ2v) is 10.3. The highest BCUT2D eigenvalue weighted by atomic mass is 32.2. The van der Waals surface area contributed by atoms with Gasteiger partial charge >= 0.3 is 0 Å². The molecule has 0 saturated heterocycles. The Morgan fingerprint density at radius 2 is 1.75 bits per heavy atom. The second-order valence-electron chi connectivity index (χ2n) is 8.17. The van der Waals surface area contributed by atoms with Gasteiger partial charge in [-0.1, -0.05) is 48.5 Å². The van der Waals surface area contributed by atoms with Crippen molar-refractivity contribution in [2.75, 3.05) is 18.9 Å². The molecule has 3 atom stereocenters. The summed E-state index contributed by atoms with van der Waals surface area (Å²) in [4.78, 5) is 24.5. The van der Waals surface area contributed by atoms with Gasteiger partial charge in [0.15, 0.2) is 5.96 Å². The molecule has 0 aliphatic rings. The van der Waals surface area contributed by atoms with E-state index in [9.17, 15) is 18.0 Å². The standard InChI is InChI=1S/C25H34N5O5S/c1-2-36(33,34)30(23(32)17-26)21(18-31)16-20(12-9-15-35-22-13-7-4-8-14-22)24(29-25(27)28)19-10-5-3-6-11-19/h3-8,10-11,13-14,20-21,24H,2,9,12,15-17,26H2,1H3,(H4,27,28,29)/t20?,21-,24?/m0/s1. The van der Waals surface area contributed by atoms with E-state index in [0.717, 1.165) is 5.56 Å². The smallest absolute Gasteiger partial charge is 0.250 e. The molecule has 1 radical (unpaired) electrons. The molecule has 0 fully saturated rings. The molecule has 0 spiro atoms. The average Bonchev–Trinajstić information content (AvgIpc) is 2.89. The number of benzene rings is 2. The topological polar surface area (TPSA) is 169 Å². The first-order valence-corrected chi connectivity index (χ1v) is 13.3. The maximum Gasteiger partial charge on any atom is 0.250 e. The van der Waals surface area contributed by atoms with Gasteiger partial charge in [-0.05, 0) is 49.8 Å². The zero-order valence-corrected chi connectivity index (χ0v) is 21.1. The normalized spacial score (nSPS) is 13.7. The third kappa shape index (κ3) is 8.35. The molecule has 1 amide bonds. The number of amides is 1. The van der Waals surface area contributed by atoms with Gasteiger partial charge in [0, 0.05) is 0 Å². The zero-order valence-electron chi connectivity index (χ0n) is 20.3. The molecular weight excluding hydrogens is 482 g/mol. The maximum absolute atomic E-state index is 12.7. The molecule has 10 nitrogen and oxygen atoms in total. The van der Waals surface area contributed by atoms with Crippen LogP contribution in [0.15, 0.2) is 60.7 Å². The van der Waals surface area contributed by atoms with Crippen molar-refractivity contribution >= 4 is 28.2 Å². The highest BCUT2D eigenvalue weighted by molar-refractivity contribution is 7.89. The average molecular weight is 517 g/mol. The minimum absolute atomic E-state index is 0.0420. The van der Waals surface area contributed by atoms with E-state index in [2.05, 4.69) is 5.32 Å². The number of hydrogen-bond acceptors (Lipinski definition) is 7. The Labute approximate surface area is 212 Å². The highest BCUT2D eigenvalue weighted by Gasteiger charge is 2.36.